The van der Waals surface area contributed by atoms with Gasteiger partial charge in [-0.15, -0.1) is 11.6 Å². The van der Waals surface area contributed by atoms with Crippen LogP contribution in [0.4, 0.5) is 5.69 Å². The first-order valence-corrected chi connectivity index (χ1v) is 6.21. The first-order valence-electron chi connectivity index (χ1n) is 5.01. The van der Waals surface area contributed by atoms with Crippen molar-refractivity contribution in [2.75, 3.05) is 12.0 Å². The number of hydrogen-bond acceptors (Lipinski definition) is 3. The highest BCUT2D eigenvalue weighted by Gasteiger charge is 2.25. The Bertz CT molecular complexity index is 357. The highest BCUT2D eigenvalue weighted by atomic mass is 35.5. The maximum atomic E-state index is 8.79. The molecular weight excluding hydrogens is 282 g/mol. The summed E-state index contributed by atoms with van der Waals surface area (Å²) in [5, 5.41) is 12.2. The number of alkyl halides is 3. The fraction of sp³-hybridized carbons (Fsp3) is 0.364. The number of halogens is 3. The molecule has 0 aliphatic heterocycles. The van der Waals surface area contributed by atoms with Crippen LogP contribution in [-0.2, 0) is 0 Å². The van der Waals surface area contributed by atoms with E-state index in [2.05, 4.69) is 10.5 Å². The summed E-state index contributed by atoms with van der Waals surface area (Å²) in [6, 6.07) is 9.39. The van der Waals surface area contributed by atoms with Crippen molar-refractivity contribution in [3.05, 3.63) is 30.3 Å². The van der Waals surface area contributed by atoms with E-state index >= 15 is 0 Å². The van der Waals surface area contributed by atoms with Crippen LogP contribution in [0.5, 0.6) is 0 Å². The molecule has 0 aliphatic carbocycles. The van der Waals surface area contributed by atoms with Crippen LogP contribution in [0.15, 0.2) is 35.4 Å². The van der Waals surface area contributed by atoms with Crippen molar-refractivity contribution in [3.8, 4) is 0 Å². The molecule has 0 bridgehead atoms. The topological polar surface area (TPSA) is 44.6 Å². The van der Waals surface area contributed by atoms with Gasteiger partial charge in [0.1, 0.15) is 0 Å². The second-order valence-electron chi connectivity index (χ2n) is 3.48. The van der Waals surface area contributed by atoms with Gasteiger partial charge >= 0.3 is 0 Å². The van der Waals surface area contributed by atoms with Gasteiger partial charge in [0.15, 0.2) is 4.33 Å². The van der Waals surface area contributed by atoms with Gasteiger partial charge in [-0.1, -0.05) is 41.4 Å². The summed E-state index contributed by atoms with van der Waals surface area (Å²) in [7, 11) is 0. The molecular formula is C11H13Cl3N2O. The lowest BCUT2D eigenvalue weighted by Gasteiger charge is -2.16. The molecule has 6 heteroatoms. The van der Waals surface area contributed by atoms with E-state index in [1.54, 1.807) is 0 Å². The standard InChI is InChI=1S/C11H13Cl3N2O/c12-9(7-17)6-11(13,14)8-15-16-10-4-2-1-3-5-10/h1-5,8-9,16-17H,6-7H2. The number of nitrogens with zero attached hydrogens (tertiary/aromatic N) is 1. The van der Waals surface area contributed by atoms with E-state index in [1.807, 2.05) is 30.3 Å². The average Bonchev–Trinajstić information content (AvgIpc) is 2.29. The summed E-state index contributed by atoms with van der Waals surface area (Å²) >= 11 is 17.7. The zero-order chi connectivity index (χ0) is 12.7. The fourth-order valence-corrected chi connectivity index (χ4v) is 2.00. The third-order valence-corrected chi connectivity index (χ3v) is 2.71. The number of benzene rings is 1. The first kappa shape index (κ1) is 14.6. The highest BCUT2D eigenvalue weighted by molar-refractivity contribution is 6.56. The zero-order valence-corrected chi connectivity index (χ0v) is 11.3. The molecule has 0 amide bonds. The minimum atomic E-state index is -1.20. The number of para-hydroxylation sites is 1. The molecule has 0 heterocycles. The molecule has 1 unspecified atom stereocenters. The lowest BCUT2D eigenvalue weighted by Crippen LogP contribution is -2.22. The maximum absolute atomic E-state index is 8.79. The summed E-state index contributed by atoms with van der Waals surface area (Å²) < 4.78 is -1.20. The number of anilines is 1. The Morgan fingerprint density at radius 2 is 2.00 bits per heavy atom. The first-order chi connectivity index (χ1) is 8.03. The number of hydrogen-bond donors (Lipinski definition) is 2. The molecule has 0 spiro atoms. The Morgan fingerprint density at radius 3 is 2.59 bits per heavy atom. The average molecular weight is 296 g/mol. The van der Waals surface area contributed by atoms with Crippen LogP contribution in [0.3, 0.4) is 0 Å². The number of hydrazone groups is 1. The molecule has 0 saturated heterocycles. The van der Waals surface area contributed by atoms with E-state index in [-0.39, 0.29) is 13.0 Å². The molecule has 17 heavy (non-hydrogen) atoms. The second kappa shape index (κ2) is 7.07. The number of nitrogens with one attached hydrogen (secondary N) is 1. The molecule has 3 nitrogen and oxygen atoms in total. The van der Waals surface area contributed by atoms with Gasteiger partial charge in [-0.2, -0.15) is 5.10 Å². The van der Waals surface area contributed by atoms with Crippen LogP contribution in [0.1, 0.15) is 6.42 Å². The van der Waals surface area contributed by atoms with Gasteiger partial charge in [0, 0.05) is 6.42 Å². The Hall–Kier alpha value is -0.480. The molecule has 1 aromatic carbocycles. The highest BCUT2D eigenvalue weighted by Crippen LogP contribution is 2.26. The van der Waals surface area contributed by atoms with Crippen molar-refractivity contribution in [1.29, 1.82) is 0 Å². The van der Waals surface area contributed by atoms with Crippen molar-refractivity contribution in [1.82, 2.24) is 0 Å². The van der Waals surface area contributed by atoms with Gasteiger partial charge in [-0.3, -0.25) is 5.43 Å². The van der Waals surface area contributed by atoms with Crippen LogP contribution < -0.4 is 5.43 Å². The van der Waals surface area contributed by atoms with E-state index in [0.29, 0.717) is 0 Å². The Kier molecular flexibility index (Phi) is 6.06. The van der Waals surface area contributed by atoms with Crippen LogP contribution >= 0.6 is 34.8 Å². The molecule has 0 radical (unpaired) electrons. The Morgan fingerprint density at radius 1 is 1.35 bits per heavy atom. The van der Waals surface area contributed by atoms with E-state index in [4.69, 9.17) is 39.9 Å². The predicted molar refractivity (Wildman–Crippen MR) is 74.3 cm³/mol. The lowest BCUT2D eigenvalue weighted by molar-refractivity contribution is 0.288. The summed E-state index contributed by atoms with van der Waals surface area (Å²) in [6.07, 6.45) is 1.57. The van der Waals surface area contributed by atoms with Crippen LogP contribution in [0, 0.1) is 0 Å². The van der Waals surface area contributed by atoms with Gasteiger partial charge < -0.3 is 5.11 Å². The van der Waals surface area contributed by atoms with Crippen LogP contribution in [-0.4, -0.2) is 27.6 Å². The zero-order valence-electron chi connectivity index (χ0n) is 8.98. The minimum Gasteiger partial charge on any atom is -0.395 e. The normalized spacial score (nSPS) is 13.9. The van der Waals surface area contributed by atoms with Crippen LogP contribution in [0.2, 0.25) is 0 Å². The molecule has 1 aromatic rings. The van der Waals surface area contributed by atoms with Crippen molar-refractivity contribution in [3.63, 3.8) is 0 Å². The van der Waals surface area contributed by atoms with Crippen molar-refractivity contribution >= 4 is 46.7 Å². The van der Waals surface area contributed by atoms with E-state index < -0.39 is 9.71 Å². The predicted octanol–water partition coefficient (Wildman–Crippen LogP) is 3.25. The number of rotatable bonds is 6. The summed E-state index contributed by atoms with van der Waals surface area (Å²) in [4.78, 5) is 0. The fourth-order valence-electron chi connectivity index (χ4n) is 1.13. The summed E-state index contributed by atoms with van der Waals surface area (Å²) in [5.74, 6) is 0. The van der Waals surface area contributed by atoms with Crippen molar-refractivity contribution in [2.24, 2.45) is 5.10 Å². The SMILES string of the molecule is OCC(Cl)CC(Cl)(Cl)C=NNc1ccccc1. The van der Waals surface area contributed by atoms with Gasteiger partial charge in [0.2, 0.25) is 0 Å². The monoisotopic (exact) mass is 294 g/mol. The third kappa shape index (κ3) is 6.13. The van der Waals surface area contributed by atoms with Crippen molar-refractivity contribution < 1.29 is 5.11 Å². The number of aliphatic hydroxyl groups is 1. The summed E-state index contributed by atoms with van der Waals surface area (Å²) in [5.41, 5.74) is 3.62. The molecule has 1 rings (SSSR count). The van der Waals surface area contributed by atoms with Crippen molar-refractivity contribution in [2.45, 2.75) is 16.1 Å². The largest absolute Gasteiger partial charge is 0.395 e. The van der Waals surface area contributed by atoms with Gasteiger partial charge in [-0.25, -0.2) is 0 Å². The molecule has 94 valence electrons. The Balaban J connectivity index is 2.47. The quantitative estimate of drug-likeness (QED) is 0.481. The second-order valence-corrected chi connectivity index (χ2v) is 5.64. The van der Waals surface area contributed by atoms with Gasteiger partial charge in [-0.05, 0) is 12.1 Å². The van der Waals surface area contributed by atoms with Gasteiger partial charge in [0.25, 0.3) is 0 Å². The van der Waals surface area contributed by atoms with Gasteiger partial charge in [0.05, 0.1) is 23.9 Å². The smallest absolute Gasteiger partial charge is 0.156 e. The third-order valence-electron chi connectivity index (χ3n) is 1.91. The molecule has 0 fully saturated rings. The number of aliphatic hydroxyl groups excluding tert-OH is 1. The Labute approximate surface area is 115 Å². The van der Waals surface area contributed by atoms with E-state index in [0.717, 1.165) is 5.69 Å². The molecule has 0 aliphatic rings. The lowest BCUT2D eigenvalue weighted by atomic mass is 10.2. The molecule has 0 aromatic heterocycles. The van der Waals surface area contributed by atoms with Crippen LogP contribution in [0.25, 0.3) is 0 Å². The minimum absolute atomic E-state index is 0.178. The summed E-state index contributed by atoms with van der Waals surface area (Å²) in [6.45, 7) is -0.178. The maximum Gasteiger partial charge on any atom is 0.156 e. The molecule has 1 atom stereocenters. The molecule has 2 N–H and O–H groups in total. The molecule has 0 saturated carbocycles. The van der Waals surface area contributed by atoms with E-state index in [1.165, 1.54) is 6.21 Å². The van der Waals surface area contributed by atoms with E-state index in [9.17, 15) is 0 Å².